The molecule has 1 atom stereocenters. The van der Waals surface area contributed by atoms with E-state index in [0.29, 0.717) is 6.54 Å². The number of rotatable bonds is 4. The van der Waals surface area contributed by atoms with Gasteiger partial charge >= 0.3 is 0 Å². The number of pyridine rings is 1. The molecule has 4 nitrogen and oxygen atoms in total. The second-order valence-electron chi connectivity index (χ2n) is 4.70. The van der Waals surface area contributed by atoms with Crippen molar-refractivity contribution in [3.8, 4) is 0 Å². The van der Waals surface area contributed by atoms with Gasteiger partial charge in [-0.05, 0) is 36.8 Å². The third-order valence-corrected chi connectivity index (χ3v) is 3.79. The average Bonchev–Trinajstić information content (AvgIpc) is 2.88. The highest BCUT2D eigenvalue weighted by Crippen LogP contribution is 2.18. The fourth-order valence-corrected chi connectivity index (χ4v) is 2.57. The van der Waals surface area contributed by atoms with Crippen LogP contribution < -0.4 is 5.32 Å². The number of fused-ring (bicyclic) bond motifs is 1. The maximum absolute atomic E-state index is 4.22. The van der Waals surface area contributed by atoms with Crippen LogP contribution in [0.4, 0.5) is 0 Å². The van der Waals surface area contributed by atoms with Crippen molar-refractivity contribution in [2.24, 2.45) is 0 Å². The van der Waals surface area contributed by atoms with Crippen LogP contribution in [0.5, 0.6) is 0 Å². The molecule has 5 heteroatoms. The molecule has 3 rings (SSSR count). The fraction of sp³-hybridized carbons (Fsp3) is 0.200. The molecule has 3 aromatic rings. The van der Waals surface area contributed by atoms with E-state index in [2.05, 4.69) is 50.5 Å². The third-order valence-electron chi connectivity index (χ3n) is 3.30. The molecule has 1 aromatic carbocycles. The number of hydrogen-bond donors (Lipinski definition) is 1. The lowest BCUT2D eigenvalue weighted by atomic mass is 10.1. The van der Waals surface area contributed by atoms with Crippen LogP contribution in [0.3, 0.4) is 0 Å². The number of benzene rings is 1. The van der Waals surface area contributed by atoms with Crippen LogP contribution in [0.1, 0.15) is 24.4 Å². The predicted molar refractivity (Wildman–Crippen MR) is 82.4 cm³/mol. The summed E-state index contributed by atoms with van der Waals surface area (Å²) in [6.45, 7) is 2.82. The van der Waals surface area contributed by atoms with Gasteiger partial charge in [-0.15, -0.1) is 10.2 Å². The lowest BCUT2D eigenvalue weighted by Gasteiger charge is -2.13. The summed E-state index contributed by atoms with van der Waals surface area (Å²) in [5.41, 5.74) is 2.12. The molecule has 1 unspecified atom stereocenters. The largest absolute Gasteiger partial charge is 0.303 e. The first-order valence-electron chi connectivity index (χ1n) is 6.51. The van der Waals surface area contributed by atoms with Crippen molar-refractivity contribution in [3.63, 3.8) is 0 Å². The van der Waals surface area contributed by atoms with E-state index in [1.807, 2.05) is 40.9 Å². The first-order chi connectivity index (χ1) is 9.74. The quantitative estimate of drug-likeness (QED) is 0.797. The van der Waals surface area contributed by atoms with Crippen LogP contribution >= 0.6 is 15.9 Å². The first kappa shape index (κ1) is 13.3. The van der Waals surface area contributed by atoms with Crippen molar-refractivity contribution in [3.05, 3.63) is 64.5 Å². The highest BCUT2D eigenvalue weighted by Gasteiger charge is 2.08. The van der Waals surface area contributed by atoms with Crippen molar-refractivity contribution < 1.29 is 0 Å². The summed E-state index contributed by atoms with van der Waals surface area (Å²) in [5.74, 6) is 0.919. The molecule has 0 amide bonds. The van der Waals surface area contributed by atoms with Crippen LogP contribution in [-0.4, -0.2) is 14.6 Å². The Kier molecular flexibility index (Phi) is 3.80. The van der Waals surface area contributed by atoms with E-state index in [0.717, 1.165) is 15.9 Å². The highest BCUT2D eigenvalue weighted by atomic mass is 79.9. The Morgan fingerprint density at radius 3 is 2.95 bits per heavy atom. The minimum Gasteiger partial charge on any atom is -0.303 e. The van der Waals surface area contributed by atoms with E-state index in [4.69, 9.17) is 0 Å². The Morgan fingerprint density at radius 2 is 2.10 bits per heavy atom. The maximum atomic E-state index is 4.22. The lowest BCUT2D eigenvalue weighted by Crippen LogP contribution is -2.19. The monoisotopic (exact) mass is 330 g/mol. The van der Waals surface area contributed by atoms with Gasteiger partial charge in [0.2, 0.25) is 0 Å². The summed E-state index contributed by atoms with van der Waals surface area (Å²) in [4.78, 5) is 0. The van der Waals surface area contributed by atoms with E-state index < -0.39 is 0 Å². The van der Waals surface area contributed by atoms with Gasteiger partial charge in [0, 0.05) is 16.7 Å². The topological polar surface area (TPSA) is 42.2 Å². The van der Waals surface area contributed by atoms with Gasteiger partial charge in [0.15, 0.2) is 11.5 Å². The minimum atomic E-state index is 0.253. The molecule has 0 aliphatic carbocycles. The predicted octanol–water partition coefficient (Wildman–Crippen LogP) is 3.34. The normalized spacial score (nSPS) is 12.7. The second-order valence-corrected chi connectivity index (χ2v) is 5.62. The molecule has 0 aliphatic heterocycles. The van der Waals surface area contributed by atoms with Gasteiger partial charge in [-0.1, -0.05) is 34.1 Å². The molecular weight excluding hydrogens is 316 g/mol. The van der Waals surface area contributed by atoms with Crippen LogP contribution in [-0.2, 0) is 6.54 Å². The molecule has 0 fully saturated rings. The number of hydrogen-bond acceptors (Lipinski definition) is 3. The number of nitrogens with zero attached hydrogens (tertiary/aromatic N) is 3. The zero-order valence-corrected chi connectivity index (χ0v) is 12.7. The first-order valence-corrected chi connectivity index (χ1v) is 7.31. The molecule has 2 aromatic heterocycles. The van der Waals surface area contributed by atoms with Gasteiger partial charge in [-0.25, -0.2) is 0 Å². The zero-order valence-electron chi connectivity index (χ0n) is 11.1. The fourth-order valence-electron chi connectivity index (χ4n) is 2.15. The van der Waals surface area contributed by atoms with Gasteiger partial charge in [0.25, 0.3) is 0 Å². The second kappa shape index (κ2) is 5.73. The average molecular weight is 331 g/mol. The van der Waals surface area contributed by atoms with Gasteiger partial charge in [0.05, 0.1) is 6.54 Å². The molecule has 1 N–H and O–H groups in total. The number of halogens is 1. The molecule has 0 aliphatic rings. The standard InChI is InChI=1S/C15H15BrN4/c1-11(12-5-4-6-13(16)9-12)17-10-15-19-18-14-7-2-3-8-20(14)15/h2-9,11,17H,10H2,1H3. The summed E-state index contributed by atoms with van der Waals surface area (Å²) >= 11 is 3.50. The Labute approximate surface area is 126 Å². The smallest absolute Gasteiger partial charge is 0.160 e. The summed E-state index contributed by atoms with van der Waals surface area (Å²) in [5, 5.41) is 11.8. The van der Waals surface area contributed by atoms with Crippen LogP contribution in [0.2, 0.25) is 0 Å². The summed E-state index contributed by atoms with van der Waals surface area (Å²) in [7, 11) is 0. The van der Waals surface area contributed by atoms with Crippen LogP contribution in [0, 0.1) is 0 Å². The molecule has 102 valence electrons. The third kappa shape index (κ3) is 2.73. The van der Waals surface area contributed by atoms with Crippen LogP contribution in [0.25, 0.3) is 5.65 Å². The molecule has 0 spiro atoms. The molecule has 20 heavy (non-hydrogen) atoms. The van der Waals surface area contributed by atoms with Crippen molar-refractivity contribution >= 4 is 21.6 Å². The Bertz CT molecular complexity index is 722. The van der Waals surface area contributed by atoms with Gasteiger partial charge < -0.3 is 5.32 Å². The Hall–Kier alpha value is -1.72. The van der Waals surface area contributed by atoms with Gasteiger partial charge in [0.1, 0.15) is 0 Å². The molecular formula is C15H15BrN4. The summed E-state index contributed by atoms with van der Waals surface area (Å²) in [6, 6.07) is 14.5. The van der Waals surface area contributed by atoms with Crippen molar-refractivity contribution in [1.29, 1.82) is 0 Å². The highest BCUT2D eigenvalue weighted by molar-refractivity contribution is 9.10. The van der Waals surface area contributed by atoms with E-state index >= 15 is 0 Å². The number of aromatic nitrogens is 3. The van der Waals surface area contributed by atoms with E-state index in [-0.39, 0.29) is 6.04 Å². The maximum Gasteiger partial charge on any atom is 0.160 e. The molecule has 2 heterocycles. The Morgan fingerprint density at radius 1 is 1.20 bits per heavy atom. The zero-order chi connectivity index (χ0) is 13.9. The summed E-state index contributed by atoms with van der Waals surface area (Å²) < 4.78 is 3.09. The van der Waals surface area contributed by atoms with Crippen LogP contribution in [0.15, 0.2) is 53.1 Å². The van der Waals surface area contributed by atoms with E-state index in [1.54, 1.807) is 0 Å². The van der Waals surface area contributed by atoms with Gasteiger partial charge in [-0.2, -0.15) is 0 Å². The molecule has 0 saturated heterocycles. The van der Waals surface area contributed by atoms with Crippen molar-refractivity contribution in [2.45, 2.75) is 19.5 Å². The Balaban J connectivity index is 1.73. The molecule has 0 radical (unpaired) electrons. The van der Waals surface area contributed by atoms with Gasteiger partial charge in [-0.3, -0.25) is 4.40 Å². The van der Waals surface area contributed by atoms with E-state index in [1.165, 1.54) is 5.56 Å². The SMILES string of the molecule is CC(NCc1nnc2ccccn12)c1cccc(Br)c1. The number of nitrogens with one attached hydrogen (secondary N) is 1. The molecule has 0 bridgehead atoms. The minimum absolute atomic E-state index is 0.253. The lowest BCUT2D eigenvalue weighted by molar-refractivity contribution is 0.556. The van der Waals surface area contributed by atoms with Crippen molar-refractivity contribution in [2.75, 3.05) is 0 Å². The van der Waals surface area contributed by atoms with Crippen molar-refractivity contribution in [1.82, 2.24) is 19.9 Å². The molecule has 0 saturated carbocycles. The summed E-state index contributed by atoms with van der Waals surface area (Å²) in [6.07, 6.45) is 1.98. The van der Waals surface area contributed by atoms with E-state index in [9.17, 15) is 0 Å².